The second-order valence-corrected chi connectivity index (χ2v) is 5.85. The summed E-state index contributed by atoms with van der Waals surface area (Å²) in [7, 11) is 1.67. The Hall–Kier alpha value is -2.60. The van der Waals surface area contributed by atoms with Gasteiger partial charge in [0, 0.05) is 31.8 Å². The fourth-order valence-corrected chi connectivity index (χ4v) is 2.60. The third kappa shape index (κ3) is 4.23. The number of methoxy groups -OCH3 is 1. The van der Waals surface area contributed by atoms with E-state index in [1.807, 2.05) is 38.1 Å². The molecule has 0 N–H and O–H groups in total. The molecule has 0 unspecified atom stereocenters. The molecule has 2 heterocycles. The number of aryl methyl sites for hydroxylation is 2. The van der Waals surface area contributed by atoms with E-state index in [9.17, 15) is 0 Å². The van der Waals surface area contributed by atoms with Gasteiger partial charge in [-0.1, -0.05) is 22.4 Å². The van der Waals surface area contributed by atoms with Gasteiger partial charge in [0.25, 0.3) is 0 Å². The maximum atomic E-state index is 5.21. The van der Waals surface area contributed by atoms with E-state index in [1.54, 1.807) is 7.11 Å². The van der Waals surface area contributed by atoms with E-state index in [0.717, 1.165) is 35.2 Å². The normalized spacial score (nSPS) is 11.2. The largest absolute Gasteiger partial charge is 0.497 e. The van der Waals surface area contributed by atoms with Gasteiger partial charge in [0.15, 0.2) is 0 Å². The molecule has 0 fully saturated rings. The zero-order valence-corrected chi connectivity index (χ0v) is 14.2. The molecule has 3 aromatic rings. The van der Waals surface area contributed by atoms with E-state index in [-0.39, 0.29) is 0 Å². The Morgan fingerprint density at radius 2 is 1.42 bits per heavy atom. The Balaban J connectivity index is 1.74. The molecule has 0 amide bonds. The van der Waals surface area contributed by atoms with Crippen LogP contribution in [-0.2, 0) is 19.6 Å². The minimum atomic E-state index is 0.676. The van der Waals surface area contributed by atoms with Gasteiger partial charge in [0.05, 0.1) is 18.5 Å². The third-order valence-electron chi connectivity index (χ3n) is 3.69. The number of nitrogens with zero attached hydrogens (tertiary/aromatic N) is 3. The first-order chi connectivity index (χ1) is 11.6. The summed E-state index contributed by atoms with van der Waals surface area (Å²) in [5.41, 5.74) is 3.00. The summed E-state index contributed by atoms with van der Waals surface area (Å²) in [4.78, 5) is 2.25. The second kappa shape index (κ2) is 7.31. The van der Waals surface area contributed by atoms with Crippen molar-refractivity contribution in [1.82, 2.24) is 15.2 Å². The molecule has 0 aliphatic heterocycles. The van der Waals surface area contributed by atoms with Gasteiger partial charge in [0.2, 0.25) is 0 Å². The maximum Gasteiger partial charge on any atom is 0.133 e. The Morgan fingerprint density at radius 3 is 1.83 bits per heavy atom. The third-order valence-corrected chi connectivity index (χ3v) is 3.69. The first-order valence-corrected chi connectivity index (χ1v) is 7.82. The molecule has 0 atom stereocenters. The van der Waals surface area contributed by atoms with Crippen molar-refractivity contribution in [3.8, 4) is 5.75 Å². The van der Waals surface area contributed by atoms with Crippen LogP contribution in [0.2, 0.25) is 0 Å². The molecule has 3 rings (SSSR count). The van der Waals surface area contributed by atoms with Crippen molar-refractivity contribution in [2.75, 3.05) is 7.11 Å². The second-order valence-electron chi connectivity index (χ2n) is 5.85. The van der Waals surface area contributed by atoms with Crippen molar-refractivity contribution in [2.45, 2.75) is 33.5 Å². The molecule has 6 nitrogen and oxygen atoms in total. The highest BCUT2D eigenvalue weighted by Crippen LogP contribution is 2.17. The number of benzene rings is 1. The number of aromatic nitrogens is 2. The summed E-state index contributed by atoms with van der Waals surface area (Å²) in [6.07, 6.45) is 0. The summed E-state index contributed by atoms with van der Waals surface area (Å²) < 4.78 is 15.6. The van der Waals surface area contributed by atoms with E-state index in [4.69, 9.17) is 13.8 Å². The number of rotatable bonds is 7. The van der Waals surface area contributed by atoms with Crippen molar-refractivity contribution >= 4 is 0 Å². The smallest absolute Gasteiger partial charge is 0.133 e. The predicted octanol–water partition coefficient (Wildman–Crippen LogP) is 3.49. The quantitative estimate of drug-likeness (QED) is 0.662. The summed E-state index contributed by atoms with van der Waals surface area (Å²) in [5.74, 6) is 2.47. The molecule has 126 valence electrons. The van der Waals surface area contributed by atoms with E-state index in [0.29, 0.717) is 13.1 Å². The lowest BCUT2D eigenvalue weighted by molar-refractivity contribution is 0.231. The highest BCUT2D eigenvalue weighted by molar-refractivity contribution is 5.27. The molecule has 0 bridgehead atoms. The molecule has 1 aromatic carbocycles. The molecular formula is C18H21N3O3. The highest BCUT2D eigenvalue weighted by Gasteiger charge is 2.13. The SMILES string of the molecule is COc1ccc(CN(Cc2cc(C)on2)Cc2cc(C)on2)cc1. The van der Waals surface area contributed by atoms with Crippen LogP contribution in [-0.4, -0.2) is 22.3 Å². The van der Waals surface area contributed by atoms with Gasteiger partial charge in [-0.2, -0.15) is 0 Å². The van der Waals surface area contributed by atoms with E-state index in [2.05, 4.69) is 27.3 Å². The van der Waals surface area contributed by atoms with Crippen molar-refractivity contribution in [3.05, 3.63) is 64.9 Å². The van der Waals surface area contributed by atoms with Crippen LogP contribution in [0.5, 0.6) is 5.75 Å². The molecule has 0 aliphatic carbocycles. The Kier molecular flexibility index (Phi) is 4.96. The fourth-order valence-electron chi connectivity index (χ4n) is 2.60. The molecule has 0 aliphatic rings. The topological polar surface area (TPSA) is 64.5 Å². The van der Waals surface area contributed by atoms with Gasteiger partial charge in [-0.3, -0.25) is 4.90 Å². The zero-order chi connectivity index (χ0) is 16.9. The van der Waals surface area contributed by atoms with Crippen LogP contribution in [0.15, 0.2) is 45.4 Å². The Morgan fingerprint density at radius 1 is 0.875 bits per heavy atom. The zero-order valence-electron chi connectivity index (χ0n) is 14.2. The lowest BCUT2D eigenvalue weighted by atomic mass is 10.2. The lowest BCUT2D eigenvalue weighted by Crippen LogP contribution is -2.22. The Bertz CT molecular complexity index is 735. The van der Waals surface area contributed by atoms with Crippen LogP contribution in [0.1, 0.15) is 28.5 Å². The molecule has 2 aromatic heterocycles. The molecule has 0 spiro atoms. The molecular weight excluding hydrogens is 306 g/mol. The molecule has 24 heavy (non-hydrogen) atoms. The van der Waals surface area contributed by atoms with Gasteiger partial charge in [0.1, 0.15) is 17.3 Å². The van der Waals surface area contributed by atoms with Gasteiger partial charge in [-0.15, -0.1) is 0 Å². The van der Waals surface area contributed by atoms with Crippen molar-refractivity contribution < 1.29 is 13.8 Å². The summed E-state index contributed by atoms with van der Waals surface area (Å²) >= 11 is 0. The highest BCUT2D eigenvalue weighted by atomic mass is 16.5. The number of hydrogen-bond acceptors (Lipinski definition) is 6. The molecule has 6 heteroatoms. The number of ether oxygens (including phenoxy) is 1. The standard InChI is InChI=1S/C18H21N3O3/c1-13-8-16(19-23-13)11-21(12-17-9-14(2)24-20-17)10-15-4-6-18(22-3)7-5-15/h4-9H,10-12H2,1-3H3. The Labute approximate surface area is 141 Å². The summed E-state index contributed by atoms with van der Waals surface area (Å²) in [6, 6.07) is 12.0. The fraction of sp³-hybridized carbons (Fsp3) is 0.333. The van der Waals surface area contributed by atoms with Gasteiger partial charge in [-0.25, -0.2) is 0 Å². The van der Waals surface area contributed by atoms with Gasteiger partial charge in [-0.05, 0) is 31.5 Å². The molecule has 0 saturated heterocycles. The van der Waals surface area contributed by atoms with Crippen molar-refractivity contribution in [2.24, 2.45) is 0 Å². The van der Waals surface area contributed by atoms with Gasteiger partial charge >= 0.3 is 0 Å². The first-order valence-electron chi connectivity index (χ1n) is 7.82. The molecule has 0 saturated carbocycles. The lowest BCUT2D eigenvalue weighted by Gasteiger charge is -2.20. The average molecular weight is 327 g/mol. The maximum absolute atomic E-state index is 5.21. The van der Waals surface area contributed by atoms with Crippen LogP contribution in [0.4, 0.5) is 0 Å². The number of hydrogen-bond donors (Lipinski definition) is 0. The van der Waals surface area contributed by atoms with Gasteiger partial charge < -0.3 is 13.8 Å². The average Bonchev–Trinajstić information content (AvgIpc) is 3.16. The predicted molar refractivity (Wildman–Crippen MR) is 88.4 cm³/mol. The minimum absolute atomic E-state index is 0.676. The first kappa shape index (κ1) is 16.3. The summed E-state index contributed by atoms with van der Waals surface area (Å²) in [5, 5.41) is 8.18. The van der Waals surface area contributed by atoms with E-state index >= 15 is 0 Å². The van der Waals surface area contributed by atoms with E-state index in [1.165, 1.54) is 5.56 Å². The minimum Gasteiger partial charge on any atom is -0.497 e. The monoisotopic (exact) mass is 327 g/mol. The van der Waals surface area contributed by atoms with Crippen LogP contribution in [0, 0.1) is 13.8 Å². The van der Waals surface area contributed by atoms with Crippen LogP contribution >= 0.6 is 0 Å². The molecule has 0 radical (unpaired) electrons. The van der Waals surface area contributed by atoms with Crippen molar-refractivity contribution in [3.63, 3.8) is 0 Å². The van der Waals surface area contributed by atoms with Crippen LogP contribution in [0.25, 0.3) is 0 Å². The van der Waals surface area contributed by atoms with Crippen molar-refractivity contribution in [1.29, 1.82) is 0 Å². The van der Waals surface area contributed by atoms with Crippen LogP contribution < -0.4 is 4.74 Å². The van der Waals surface area contributed by atoms with Crippen LogP contribution in [0.3, 0.4) is 0 Å². The summed E-state index contributed by atoms with van der Waals surface area (Å²) in [6.45, 7) is 5.91. The van der Waals surface area contributed by atoms with E-state index < -0.39 is 0 Å².